The average Bonchev–Trinajstić information content (AvgIpc) is 3.29. The lowest BCUT2D eigenvalue weighted by Crippen LogP contribution is -2.50. The van der Waals surface area contributed by atoms with E-state index in [1.807, 2.05) is 135 Å². The number of aliphatic hydroxyl groups is 1. The van der Waals surface area contributed by atoms with Gasteiger partial charge in [0.2, 0.25) is 23.2 Å². The fourth-order valence-corrected chi connectivity index (χ4v) is 7.30. The molecule has 0 bridgehead atoms. The van der Waals surface area contributed by atoms with Crippen LogP contribution in [0.4, 0.5) is 0 Å². The summed E-state index contributed by atoms with van der Waals surface area (Å²) in [5, 5.41) is 22.1. The summed E-state index contributed by atoms with van der Waals surface area (Å²) in [5.41, 5.74) is 3.49. The molecule has 0 amide bonds. The summed E-state index contributed by atoms with van der Waals surface area (Å²) in [7, 11) is 0. The number of hydrogen-bond acceptors (Lipinski definition) is 10. The van der Waals surface area contributed by atoms with Gasteiger partial charge in [0.25, 0.3) is 0 Å². The molecule has 2 unspecified atom stereocenters. The number of phenolic OH excluding ortho intramolecular Hbond substituents is 1. The van der Waals surface area contributed by atoms with Gasteiger partial charge in [0.15, 0.2) is 17.3 Å². The molecular weight excluding hydrogens is 773 g/mol. The van der Waals surface area contributed by atoms with Crippen LogP contribution in [0.5, 0.6) is 34.5 Å². The van der Waals surface area contributed by atoms with Gasteiger partial charge in [-0.25, -0.2) is 0 Å². The van der Waals surface area contributed by atoms with Crippen LogP contribution in [0.25, 0.3) is 22.3 Å². The molecule has 1 aromatic heterocycles. The van der Waals surface area contributed by atoms with E-state index in [2.05, 4.69) is 0 Å². The number of phenols is 1. The van der Waals surface area contributed by atoms with Crippen molar-refractivity contribution in [2.24, 2.45) is 11.8 Å². The van der Waals surface area contributed by atoms with Crippen molar-refractivity contribution >= 4 is 11.0 Å². The number of aliphatic hydroxyl groups excluding tert-OH is 1. The Labute approximate surface area is 354 Å². The summed E-state index contributed by atoms with van der Waals surface area (Å²) in [5.74, 6) is 0.218. The second kappa shape index (κ2) is 18.7. The van der Waals surface area contributed by atoms with E-state index in [-0.39, 0.29) is 66.5 Å². The van der Waals surface area contributed by atoms with Crippen LogP contribution in [-0.4, -0.2) is 28.7 Å². The Morgan fingerprint density at radius 2 is 1.05 bits per heavy atom. The van der Waals surface area contributed by atoms with Crippen LogP contribution in [0.2, 0.25) is 0 Å². The lowest BCUT2D eigenvalue weighted by molar-refractivity contribution is -0.226. The normalized spacial score (nSPS) is 18.7. The van der Waals surface area contributed by atoms with Gasteiger partial charge in [0.05, 0.1) is 12.2 Å². The highest BCUT2D eigenvalue weighted by molar-refractivity contribution is 5.88. The quantitative estimate of drug-likeness (QED) is 0.103. The van der Waals surface area contributed by atoms with Crippen molar-refractivity contribution in [3.05, 3.63) is 178 Å². The van der Waals surface area contributed by atoms with Crippen molar-refractivity contribution in [1.29, 1.82) is 0 Å². The first-order valence-electron chi connectivity index (χ1n) is 20.4. The average molecular weight is 821 g/mol. The summed E-state index contributed by atoms with van der Waals surface area (Å²) in [6, 6.07) is 45.3. The molecule has 6 aromatic carbocycles. The third kappa shape index (κ3) is 9.51. The summed E-state index contributed by atoms with van der Waals surface area (Å²) < 4.78 is 45.1. The molecule has 2 heterocycles. The SMILES string of the molecule is CC1C(C)[C@@H](O)[C@H](C)O[C@H]1Oc1c(-c2cc(OCc3ccccc3)c(OCc3ccccc3)c(OCc3ccccc3)c2)oc2cc(OCc3ccccc3)cc(O)c2c1=O. The number of aromatic hydroxyl groups is 1. The third-order valence-corrected chi connectivity index (χ3v) is 11.0. The topological polar surface area (TPSA) is 126 Å². The molecule has 1 aliphatic rings. The van der Waals surface area contributed by atoms with E-state index >= 15 is 0 Å². The first-order valence-corrected chi connectivity index (χ1v) is 20.4. The van der Waals surface area contributed by atoms with Gasteiger partial charge >= 0.3 is 0 Å². The van der Waals surface area contributed by atoms with E-state index in [0.29, 0.717) is 28.6 Å². The lowest BCUT2D eigenvalue weighted by Gasteiger charge is -2.41. The molecule has 312 valence electrons. The third-order valence-electron chi connectivity index (χ3n) is 11.0. The number of hydrogen-bond donors (Lipinski definition) is 2. The van der Waals surface area contributed by atoms with Gasteiger partial charge in [0, 0.05) is 23.6 Å². The van der Waals surface area contributed by atoms with Gasteiger partial charge < -0.3 is 43.1 Å². The van der Waals surface area contributed by atoms with E-state index < -0.39 is 23.9 Å². The van der Waals surface area contributed by atoms with Crippen LogP contribution in [-0.2, 0) is 31.2 Å². The Bertz CT molecular complexity index is 2530. The van der Waals surface area contributed by atoms with Crippen molar-refractivity contribution in [3.63, 3.8) is 0 Å². The molecule has 10 heteroatoms. The molecule has 8 rings (SSSR count). The summed E-state index contributed by atoms with van der Waals surface area (Å²) in [6.45, 7) is 6.39. The van der Waals surface area contributed by atoms with E-state index in [0.717, 1.165) is 22.3 Å². The second-order valence-corrected chi connectivity index (χ2v) is 15.3. The Hall–Kier alpha value is -6.75. The molecule has 0 aliphatic carbocycles. The van der Waals surface area contributed by atoms with Gasteiger partial charge in [-0.3, -0.25) is 4.79 Å². The minimum atomic E-state index is -0.945. The van der Waals surface area contributed by atoms with Crippen molar-refractivity contribution in [2.75, 3.05) is 0 Å². The van der Waals surface area contributed by atoms with Gasteiger partial charge in [0.1, 0.15) is 48.9 Å². The second-order valence-electron chi connectivity index (χ2n) is 15.3. The number of fused-ring (bicyclic) bond motifs is 1. The Morgan fingerprint density at radius 1 is 0.574 bits per heavy atom. The molecule has 1 fully saturated rings. The van der Waals surface area contributed by atoms with Crippen LogP contribution in [0.15, 0.2) is 155 Å². The molecule has 2 N–H and O–H groups in total. The zero-order valence-electron chi connectivity index (χ0n) is 34.2. The Kier molecular flexibility index (Phi) is 12.5. The molecule has 61 heavy (non-hydrogen) atoms. The number of rotatable bonds is 15. The van der Waals surface area contributed by atoms with Gasteiger partial charge in [-0.05, 0) is 47.2 Å². The molecule has 1 saturated heterocycles. The van der Waals surface area contributed by atoms with Crippen molar-refractivity contribution < 1.29 is 43.1 Å². The molecule has 10 nitrogen and oxygen atoms in total. The fourth-order valence-electron chi connectivity index (χ4n) is 7.30. The molecule has 0 saturated carbocycles. The molecule has 0 spiro atoms. The van der Waals surface area contributed by atoms with E-state index in [4.69, 9.17) is 32.8 Å². The van der Waals surface area contributed by atoms with Gasteiger partial charge in [-0.1, -0.05) is 135 Å². The van der Waals surface area contributed by atoms with Crippen LogP contribution in [0.1, 0.15) is 43.0 Å². The van der Waals surface area contributed by atoms with E-state index in [1.54, 1.807) is 25.1 Å². The standard InChI is InChI=1S/C51H48O10/c1-32-33(2)51(59-34(3)46(32)53)61-50-47(54)45-41(52)26-40(55-28-35-16-8-4-9-17-35)27-42(45)60-48(50)39-24-43(56-29-36-18-10-5-11-19-36)49(58-31-38-22-14-7-15-23-38)44(25-39)57-30-37-20-12-6-13-21-37/h4-27,32-34,46,51-53H,28-31H2,1-3H3/t32?,33?,34-,46+,51-/m0/s1. The summed E-state index contributed by atoms with van der Waals surface area (Å²) >= 11 is 0. The van der Waals surface area contributed by atoms with Crippen LogP contribution >= 0.6 is 0 Å². The maximum Gasteiger partial charge on any atom is 0.239 e. The van der Waals surface area contributed by atoms with Crippen LogP contribution in [0, 0.1) is 11.8 Å². The smallest absolute Gasteiger partial charge is 0.239 e. The van der Waals surface area contributed by atoms with Crippen molar-refractivity contribution in [2.45, 2.75) is 65.7 Å². The Morgan fingerprint density at radius 3 is 1.56 bits per heavy atom. The number of ether oxygens (including phenoxy) is 6. The minimum Gasteiger partial charge on any atom is -0.507 e. The largest absolute Gasteiger partial charge is 0.507 e. The van der Waals surface area contributed by atoms with Crippen LogP contribution in [0.3, 0.4) is 0 Å². The summed E-state index contributed by atoms with van der Waals surface area (Å²) in [4.78, 5) is 14.8. The zero-order chi connectivity index (χ0) is 42.3. The first-order chi connectivity index (χ1) is 29.7. The van der Waals surface area contributed by atoms with Crippen LogP contribution < -0.4 is 29.1 Å². The summed E-state index contributed by atoms with van der Waals surface area (Å²) in [6.07, 6.45) is -2.26. The molecule has 7 aromatic rings. The van der Waals surface area contributed by atoms with E-state index in [9.17, 15) is 15.0 Å². The highest BCUT2D eigenvalue weighted by Gasteiger charge is 2.41. The Balaban J connectivity index is 1.29. The van der Waals surface area contributed by atoms with Gasteiger partial charge in [-0.2, -0.15) is 0 Å². The van der Waals surface area contributed by atoms with Gasteiger partial charge in [-0.15, -0.1) is 0 Å². The highest BCUT2D eigenvalue weighted by atomic mass is 16.7. The highest BCUT2D eigenvalue weighted by Crippen LogP contribution is 2.46. The van der Waals surface area contributed by atoms with Crippen molar-refractivity contribution in [1.82, 2.24) is 0 Å². The fraction of sp³-hybridized carbons (Fsp3) is 0.235. The molecule has 0 radical (unpaired) electrons. The maximum atomic E-state index is 14.8. The molecular formula is C51H48O10. The van der Waals surface area contributed by atoms with E-state index in [1.165, 1.54) is 6.07 Å². The monoisotopic (exact) mass is 820 g/mol. The lowest BCUT2D eigenvalue weighted by atomic mass is 9.85. The number of benzene rings is 6. The zero-order valence-corrected chi connectivity index (χ0v) is 34.2. The predicted molar refractivity (Wildman–Crippen MR) is 232 cm³/mol. The molecule has 5 atom stereocenters. The van der Waals surface area contributed by atoms with Crippen molar-refractivity contribution in [3.8, 4) is 45.8 Å². The molecule has 1 aliphatic heterocycles. The maximum absolute atomic E-state index is 14.8. The predicted octanol–water partition coefficient (Wildman–Crippen LogP) is 10.2. The first kappa shape index (κ1) is 41.0. The minimum absolute atomic E-state index is 0.0306.